The van der Waals surface area contributed by atoms with Crippen molar-refractivity contribution < 1.29 is 4.39 Å². The second kappa shape index (κ2) is 3.00. The largest absolute Gasteiger partial charge is 0.260 e. The van der Waals surface area contributed by atoms with Gasteiger partial charge in [0.05, 0.1) is 0 Å². The van der Waals surface area contributed by atoms with E-state index in [-0.39, 0.29) is 6.42 Å². The summed E-state index contributed by atoms with van der Waals surface area (Å²) in [5, 5.41) is 0. The molecule has 0 amide bonds. The van der Waals surface area contributed by atoms with Crippen LogP contribution in [0.4, 0.5) is 4.39 Å². The number of halogens is 5. The molecule has 0 bridgehead atoms. The van der Waals surface area contributed by atoms with E-state index in [0.29, 0.717) is 0 Å². The van der Waals surface area contributed by atoms with Gasteiger partial charge in [0.2, 0.25) is 0 Å². The van der Waals surface area contributed by atoms with Crippen LogP contribution in [-0.2, 0) is 0 Å². The molecule has 0 heterocycles. The minimum absolute atomic E-state index is 0.313. The molecule has 56 valence electrons. The minimum atomic E-state index is -2.34. The average Bonchev–Trinajstić information content (AvgIpc) is 1.14. The van der Waals surface area contributed by atoms with E-state index in [2.05, 4.69) is 0 Å². The lowest BCUT2D eigenvalue weighted by Gasteiger charge is -2.17. The van der Waals surface area contributed by atoms with Crippen molar-refractivity contribution in [2.24, 2.45) is 0 Å². The van der Waals surface area contributed by atoms with E-state index in [1.54, 1.807) is 0 Å². The molecule has 0 radical (unpaired) electrons. The van der Waals surface area contributed by atoms with Gasteiger partial charge >= 0.3 is 0 Å². The maximum absolute atomic E-state index is 12.2. The molecule has 0 aromatic rings. The summed E-state index contributed by atoms with van der Waals surface area (Å²) in [6, 6.07) is 0. The standard InChI is InChI=1S/C4H5Cl4F/c1-3(5,6)2-4(7,8)9/h2H2,1H3. The summed E-state index contributed by atoms with van der Waals surface area (Å²) < 4.78 is 8.70. The van der Waals surface area contributed by atoms with E-state index in [4.69, 9.17) is 46.4 Å². The summed E-state index contributed by atoms with van der Waals surface area (Å²) in [5.41, 5.74) is 0. The molecule has 0 saturated heterocycles. The van der Waals surface area contributed by atoms with Crippen LogP contribution in [0.1, 0.15) is 13.3 Å². The third kappa shape index (κ3) is 9.09. The topological polar surface area (TPSA) is 0 Å². The molecule has 0 aliphatic rings. The van der Waals surface area contributed by atoms with Crippen LogP contribution in [0.2, 0.25) is 0 Å². The third-order valence-corrected chi connectivity index (χ3v) is 1.05. The van der Waals surface area contributed by atoms with Crippen LogP contribution < -0.4 is 0 Å². The zero-order chi connectivity index (χ0) is 7.71. The SMILES string of the molecule is CC(Cl)(Cl)CC(F)(Cl)Cl. The highest BCUT2D eigenvalue weighted by molar-refractivity contribution is 6.51. The first-order chi connectivity index (χ1) is 3.71. The van der Waals surface area contributed by atoms with Crippen molar-refractivity contribution in [1.29, 1.82) is 0 Å². The fourth-order valence-electron chi connectivity index (χ4n) is 0.352. The maximum Gasteiger partial charge on any atom is 0.260 e. The Balaban J connectivity index is 3.75. The van der Waals surface area contributed by atoms with Gasteiger partial charge in [-0.15, -0.1) is 23.2 Å². The van der Waals surface area contributed by atoms with Crippen molar-refractivity contribution in [3.8, 4) is 0 Å². The molecule has 0 atom stereocenters. The Hall–Kier alpha value is 1.09. The first-order valence-corrected chi connectivity index (χ1v) is 3.66. The molecule has 0 N–H and O–H groups in total. The maximum atomic E-state index is 12.2. The van der Waals surface area contributed by atoms with E-state index >= 15 is 0 Å². The highest BCUT2D eigenvalue weighted by Crippen LogP contribution is 2.37. The van der Waals surface area contributed by atoms with Gasteiger partial charge in [0.25, 0.3) is 4.59 Å². The number of rotatable bonds is 2. The molecule has 9 heavy (non-hydrogen) atoms. The normalized spacial score (nSPS) is 14.0. The van der Waals surface area contributed by atoms with Gasteiger partial charge in [-0.3, -0.25) is 0 Å². The van der Waals surface area contributed by atoms with Gasteiger partial charge in [-0.1, -0.05) is 23.2 Å². The van der Waals surface area contributed by atoms with Crippen molar-refractivity contribution in [3.05, 3.63) is 0 Å². The molecule has 0 aromatic heterocycles. The van der Waals surface area contributed by atoms with E-state index in [1.165, 1.54) is 6.92 Å². The first kappa shape index (κ1) is 10.1. The van der Waals surface area contributed by atoms with E-state index < -0.39 is 8.92 Å². The summed E-state index contributed by atoms with van der Waals surface area (Å²) in [4.78, 5) is 0. The van der Waals surface area contributed by atoms with Crippen LogP contribution >= 0.6 is 46.4 Å². The Labute approximate surface area is 73.2 Å². The monoisotopic (exact) mass is 212 g/mol. The highest BCUT2D eigenvalue weighted by Gasteiger charge is 2.32. The summed E-state index contributed by atoms with van der Waals surface area (Å²) in [7, 11) is 0. The van der Waals surface area contributed by atoms with Crippen LogP contribution in [0, 0.1) is 0 Å². The Bertz CT molecular complexity index is 77.7. The summed E-state index contributed by atoms with van der Waals surface area (Å²) in [6.45, 7) is 1.41. The molecule has 0 fully saturated rings. The fourth-order valence-corrected chi connectivity index (χ4v) is 1.53. The van der Waals surface area contributed by atoms with Crippen LogP contribution in [0.3, 0.4) is 0 Å². The smallest absolute Gasteiger partial charge is 0.208 e. The Morgan fingerprint density at radius 2 is 1.56 bits per heavy atom. The van der Waals surface area contributed by atoms with Gasteiger partial charge in [0.15, 0.2) is 0 Å². The Kier molecular flexibility index (Phi) is 3.36. The van der Waals surface area contributed by atoms with Crippen molar-refractivity contribution >= 4 is 46.4 Å². The second-order valence-electron chi connectivity index (χ2n) is 1.86. The van der Waals surface area contributed by atoms with Crippen molar-refractivity contribution in [2.75, 3.05) is 0 Å². The van der Waals surface area contributed by atoms with Crippen molar-refractivity contribution in [1.82, 2.24) is 0 Å². The molecule has 0 aliphatic heterocycles. The molecule has 0 rings (SSSR count). The summed E-state index contributed by atoms with van der Waals surface area (Å²) >= 11 is 20.6. The third-order valence-electron chi connectivity index (χ3n) is 0.511. The van der Waals surface area contributed by atoms with Crippen LogP contribution in [0.25, 0.3) is 0 Å². The molecular formula is C4H5Cl4F. The zero-order valence-electron chi connectivity index (χ0n) is 4.60. The predicted octanol–water partition coefficient (Wildman–Crippen LogP) is 3.67. The average molecular weight is 214 g/mol. The predicted molar refractivity (Wildman–Crippen MR) is 40.3 cm³/mol. The van der Waals surface area contributed by atoms with Gasteiger partial charge in [-0.05, 0) is 6.92 Å². The molecule has 0 aliphatic carbocycles. The van der Waals surface area contributed by atoms with E-state index in [1.807, 2.05) is 0 Å². The molecule has 0 spiro atoms. The van der Waals surface area contributed by atoms with Gasteiger partial charge in [-0.25, -0.2) is 4.39 Å². The molecule has 5 heteroatoms. The molecule has 0 unspecified atom stereocenters. The van der Waals surface area contributed by atoms with E-state index in [0.717, 1.165) is 0 Å². The van der Waals surface area contributed by atoms with Crippen LogP contribution in [0.15, 0.2) is 0 Å². The molecule has 0 nitrogen and oxygen atoms in total. The Morgan fingerprint density at radius 3 is 1.56 bits per heavy atom. The number of alkyl halides is 5. The number of hydrogen-bond donors (Lipinski definition) is 0. The first-order valence-electron chi connectivity index (χ1n) is 2.15. The van der Waals surface area contributed by atoms with Crippen molar-refractivity contribution in [2.45, 2.75) is 22.3 Å². The summed E-state index contributed by atoms with van der Waals surface area (Å²) in [5.74, 6) is 0. The van der Waals surface area contributed by atoms with E-state index in [9.17, 15) is 4.39 Å². The van der Waals surface area contributed by atoms with Crippen LogP contribution in [-0.4, -0.2) is 8.92 Å². The molecule has 0 saturated carbocycles. The fraction of sp³-hybridized carbons (Fsp3) is 1.00. The Morgan fingerprint density at radius 1 is 1.22 bits per heavy atom. The minimum Gasteiger partial charge on any atom is -0.208 e. The lowest BCUT2D eigenvalue weighted by molar-refractivity contribution is 0.361. The molecule has 0 aromatic carbocycles. The van der Waals surface area contributed by atoms with Gasteiger partial charge < -0.3 is 0 Å². The zero-order valence-corrected chi connectivity index (χ0v) is 7.62. The van der Waals surface area contributed by atoms with Crippen molar-refractivity contribution in [3.63, 3.8) is 0 Å². The molecular weight excluding hydrogens is 209 g/mol. The lowest BCUT2D eigenvalue weighted by Crippen LogP contribution is -2.17. The van der Waals surface area contributed by atoms with Crippen LogP contribution in [0.5, 0.6) is 0 Å². The second-order valence-corrected chi connectivity index (χ2v) is 5.12. The van der Waals surface area contributed by atoms with Gasteiger partial charge in [0.1, 0.15) is 4.33 Å². The van der Waals surface area contributed by atoms with Gasteiger partial charge in [0, 0.05) is 6.42 Å². The number of hydrogen-bond acceptors (Lipinski definition) is 0. The quantitative estimate of drug-likeness (QED) is 0.615. The van der Waals surface area contributed by atoms with Gasteiger partial charge in [-0.2, -0.15) is 0 Å². The summed E-state index contributed by atoms with van der Waals surface area (Å²) in [6.07, 6.45) is -0.313. The lowest BCUT2D eigenvalue weighted by atomic mass is 10.3. The highest BCUT2D eigenvalue weighted by atomic mass is 35.5.